The number of fused-ring (bicyclic) bond motifs is 1. The molecule has 0 saturated carbocycles. The summed E-state index contributed by atoms with van der Waals surface area (Å²) in [6.07, 6.45) is 2.88. The number of nitrogens with zero attached hydrogens (tertiary/aromatic N) is 4. The Morgan fingerprint density at radius 2 is 1.93 bits per heavy atom. The first-order chi connectivity index (χ1) is 14.4. The number of hydrogen-bond acceptors (Lipinski definition) is 6. The lowest BCUT2D eigenvalue weighted by Gasteiger charge is -2.11. The summed E-state index contributed by atoms with van der Waals surface area (Å²) in [5.41, 5.74) is 0.838. The molecule has 4 rings (SSSR count). The van der Waals surface area contributed by atoms with Crippen LogP contribution in [0.2, 0.25) is 0 Å². The largest absolute Gasteiger partial charge is 0.467 e. The fraction of sp³-hybridized carbons (Fsp3) is 0.190. The summed E-state index contributed by atoms with van der Waals surface area (Å²) in [6, 6.07) is 11.0. The fourth-order valence-corrected chi connectivity index (χ4v) is 3.06. The van der Waals surface area contributed by atoms with Crippen LogP contribution in [-0.4, -0.2) is 25.0 Å². The molecule has 3 aromatic heterocycles. The third kappa shape index (κ3) is 3.64. The van der Waals surface area contributed by atoms with Crippen LogP contribution >= 0.6 is 0 Å². The molecular formula is C21H19N5O4. The van der Waals surface area contributed by atoms with Crippen molar-refractivity contribution in [1.82, 2.24) is 24.4 Å². The van der Waals surface area contributed by atoms with Gasteiger partial charge in [0, 0.05) is 18.8 Å². The highest BCUT2D eigenvalue weighted by Crippen LogP contribution is 2.16. The lowest BCUT2D eigenvalue weighted by molar-refractivity contribution is -0.122. The molecule has 0 unspecified atom stereocenters. The molecule has 0 spiro atoms. The highest BCUT2D eigenvalue weighted by atomic mass is 16.3. The van der Waals surface area contributed by atoms with Crippen LogP contribution in [0.5, 0.6) is 0 Å². The number of rotatable bonds is 5. The predicted molar refractivity (Wildman–Crippen MR) is 110 cm³/mol. The van der Waals surface area contributed by atoms with Gasteiger partial charge < -0.3 is 9.73 Å². The minimum atomic E-state index is -0.630. The Balaban J connectivity index is 1.67. The minimum absolute atomic E-state index is 0.159. The number of benzene rings is 1. The van der Waals surface area contributed by atoms with E-state index in [4.69, 9.17) is 4.42 Å². The number of aromatic nitrogens is 4. The smallest absolute Gasteiger partial charge is 0.332 e. The number of hydrogen-bond donors (Lipinski definition) is 1. The number of aryl methyl sites for hydroxylation is 2. The van der Waals surface area contributed by atoms with Gasteiger partial charge in [-0.05, 0) is 19.1 Å². The van der Waals surface area contributed by atoms with Crippen molar-refractivity contribution in [3.8, 4) is 11.4 Å². The number of amides is 1. The van der Waals surface area contributed by atoms with Gasteiger partial charge in [0.1, 0.15) is 17.7 Å². The SMILES string of the molecule is Cc1ccc(-c2ncc3c(=O)n(CC(=O)NCc4ccco4)c(=O)n(C)c3n2)cc1. The molecule has 30 heavy (non-hydrogen) atoms. The Kier molecular flexibility index (Phi) is 5.01. The highest BCUT2D eigenvalue weighted by molar-refractivity contribution is 5.78. The summed E-state index contributed by atoms with van der Waals surface area (Å²) < 4.78 is 7.26. The van der Waals surface area contributed by atoms with Gasteiger partial charge in [0.15, 0.2) is 11.5 Å². The molecule has 0 fully saturated rings. The zero-order valence-electron chi connectivity index (χ0n) is 16.5. The molecule has 1 aromatic carbocycles. The topological polar surface area (TPSA) is 112 Å². The summed E-state index contributed by atoms with van der Waals surface area (Å²) in [5.74, 6) is 0.493. The Labute approximate surface area is 170 Å². The van der Waals surface area contributed by atoms with Crippen molar-refractivity contribution in [2.45, 2.75) is 20.0 Å². The molecule has 3 heterocycles. The normalized spacial score (nSPS) is 11.0. The van der Waals surface area contributed by atoms with Crippen molar-refractivity contribution in [1.29, 1.82) is 0 Å². The summed E-state index contributed by atoms with van der Waals surface area (Å²) in [5, 5.41) is 2.78. The molecule has 0 atom stereocenters. The average molecular weight is 405 g/mol. The van der Waals surface area contributed by atoms with Crippen molar-refractivity contribution >= 4 is 16.9 Å². The van der Waals surface area contributed by atoms with E-state index in [1.807, 2.05) is 31.2 Å². The minimum Gasteiger partial charge on any atom is -0.467 e. The number of carbonyl (C=O) groups excluding carboxylic acids is 1. The van der Waals surface area contributed by atoms with Gasteiger partial charge in [-0.3, -0.25) is 18.7 Å². The maximum absolute atomic E-state index is 12.8. The van der Waals surface area contributed by atoms with Crippen molar-refractivity contribution in [2.24, 2.45) is 7.05 Å². The third-order valence-electron chi connectivity index (χ3n) is 4.73. The van der Waals surface area contributed by atoms with Crippen LogP contribution in [0.4, 0.5) is 0 Å². The molecular weight excluding hydrogens is 386 g/mol. The molecule has 0 radical (unpaired) electrons. The van der Waals surface area contributed by atoms with Crippen LogP contribution in [0, 0.1) is 6.92 Å². The van der Waals surface area contributed by atoms with E-state index in [2.05, 4.69) is 15.3 Å². The van der Waals surface area contributed by atoms with Gasteiger partial charge in [0.25, 0.3) is 5.56 Å². The van der Waals surface area contributed by atoms with E-state index < -0.39 is 23.7 Å². The van der Waals surface area contributed by atoms with E-state index in [1.54, 1.807) is 12.1 Å². The standard InChI is InChI=1S/C21H19N5O4/c1-13-5-7-14(8-6-13)18-23-11-16-19(24-18)25(2)21(29)26(20(16)28)12-17(27)22-10-15-4-3-9-30-15/h3-9,11H,10,12H2,1-2H3,(H,22,27). The molecule has 0 saturated heterocycles. The van der Waals surface area contributed by atoms with E-state index in [0.717, 1.165) is 15.7 Å². The molecule has 0 bridgehead atoms. The fourth-order valence-electron chi connectivity index (χ4n) is 3.06. The molecule has 0 aliphatic carbocycles. The van der Waals surface area contributed by atoms with Crippen LogP contribution in [0.1, 0.15) is 11.3 Å². The van der Waals surface area contributed by atoms with Crippen LogP contribution in [-0.2, 0) is 24.9 Å². The number of nitrogens with one attached hydrogen (secondary N) is 1. The monoisotopic (exact) mass is 405 g/mol. The summed E-state index contributed by atoms with van der Waals surface area (Å²) in [6.45, 7) is 1.72. The summed E-state index contributed by atoms with van der Waals surface area (Å²) in [7, 11) is 1.51. The lowest BCUT2D eigenvalue weighted by Crippen LogP contribution is -2.43. The first kappa shape index (κ1) is 19.3. The van der Waals surface area contributed by atoms with Crippen LogP contribution in [0.25, 0.3) is 22.4 Å². The second-order valence-corrected chi connectivity index (χ2v) is 6.89. The Hall–Kier alpha value is -4.01. The molecule has 0 aliphatic rings. The Bertz CT molecular complexity index is 1340. The van der Waals surface area contributed by atoms with Crippen LogP contribution in [0.15, 0.2) is 62.9 Å². The second kappa shape index (κ2) is 7.78. The number of carbonyl (C=O) groups is 1. The molecule has 9 heteroatoms. The van der Waals surface area contributed by atoms with E-state index >= 15 is 0 Å². The van der Waals surface area contributed by atoms with Gasteiger partial charge in [-0.25, -0.2) is 14.8 Å². The first-order valence-corrected chi connectivity index (χ1v) is 9.27. The molecule has 1 N–H and O–H groups in total. The summed E-state index contributed by atoms with van der Waals surface area (Å²) >= 11 is 0. The van der Waals surface area contributed by atoms with Gasteiger partial charge in [0.2, 0.25) is 5.91 Å². The van der Waals surface area contributed by atoms with E-state index in [-0.39, 0.29) is 17.6 Å². The molecule has 152 valence electrons. The third-order valence-corrected chi connectivity index (χ3v) is 4.73. The van der Waals surface area contributed by atoms with Gasteiger partial charge in [-0.2, -0.15) is 0 Å². The van der Waals surface area contributed by atoms with E-state index in [1.165, 1.54) is 24.1 Å². The summed E-state index contributed by atoms with van der Waals surface area (Å²) in [4.78, 5) is 46.5. The van der Waals surface area contributed by atoms with E-state index in [9.17, 15) is 14.4 Å². The van der Waals surface area contributed by atoms with Crippen LogP contribution < -0.4 is 16.6 Å². The predicted octanol–water partition coefficient (Wildman–Crippen LogP) is 1.38. The zero-order valence-corrected chi connectivity index (χ0v) is 16.5. The Morgan fingerprint density at radius 1 is 1.17 bits per heavy atom. The second-order valence-electron chi connectivity index (χ2n) is 6.89. The zero-order chi connectivity index (χ0) is 21.3. The molecule has 4 aromatic rings. The van der Waals surface area contributed by atoms with Crippen molar-refractivity contribution in [3.05, 3.63) is 81.0 Å². The highest BCUT2D eigenvalue weighted by Gasteiger charge is 2.16. The quantitative estimate of drug-likeness (QED) is 0.537. The van der Waals surface area contributed by atoms with Gasteiger partial charge in [-0.1, -0.05) is 29.8 Å². The van der Waals surface area contributed by atoms with Crippen molar-refractivity contribution < 1.29 is 9.21 Å². The van der Waals surface area contributed by atoms with E-state index in [0.29, 0.717) is 11.6 Å². The number of furan rings is 1. The van der Waals surface area contributed by atoms with Gasteiger partial charge in [0.05, 0.1) is 12.8 Å². The van der Waals surface area contributed by atoms with Crippen molar-refractivity contribution in [2.75, 3.05) is 0 Å². The lowest BCUT2D eigenvalue weighted by atomic mass is 10.1. The maximum Gasteiger partial charge on any atom is 0.332 e. The van der Waals surface area contributed by atoms with Gasteiger partial charge >= 0.3 is 5.69 Å². The Morgan fingerprint density at radius 3 is 2.63 bits per heavy atom. The van der Waals surface area contributed by atoms with Crippen molar-refractivity contribution in [3.63, 3.8) is 0 Å². The molecule has 1 amide bonds. The van der Waals surface area contributed by atoms with Crippen LogP contribution in [0.3, 0.4) is 0 Å². The first-order valence-electron chi connectivity index (χ1n) is 9.27. The molecule has 9 nitrogen and oxygen atoms in total. The molecule has 0 aliphatic heterocycles. The maximum atomic E-state index is 12.8. The van der Waals surface area contributed by atoms with Gasteiger partial charge in [-0.15, -0.1) is 0 Å². The average Bonchev–Trinajstić information content (AvgIpc) is 3.27.